The van der Waals surface area contributed by atoms with Gasteiger partial charge in [0, 0.05) is 19.3 Å². The summed E-state index contributed by atoms with van der Waals surface area (Å²) in [6, 6.07) is 0. The zero-order valence-corrected chi connectivity index (χ0v) is 59.8. The summed E-state index contributed by atoms with van der Waals surface area (Å²) in [5.74, 6) is -1.73. The van der Waals surface area contributed by atoms with E-state index in [1.807, 2.05) is 18.2 Å². The summed E-state index contributed by atoms with van der Waals surface area (Å²) in [7, 11) is -9.83. The smallest absolute Gasteiger partial charge is 0.463 e. The van der Waals surface area contributed by atoms with Crippen LogP contribution in [0, 0.1) is 0 Å². The second kappa shape index (κ2) is 68.6. The Kier molecular flexibility index (Phi) is 64.7. The first-order valence-electron chi connectivity index (χ1n) is 35.1. The van der Waals surface area contributed by atoms with Crippen LogP contribution in [0.5, 0.6) is 0 Å². The normalized spacial score (nSPS) is 15.2. The van der Waals surface area contributed by atoms with Crippen molar-refractivity contribution in [1.82, 2.24) is 0 Å². The third-order valence-electron chi connectivity index (χ3n) is 13.6. The van der Waals surface area contributed by atoms with E-state index in [-0.39, 0.29) is 19.3 Å². The van der Waals surface area contributed by atoms with Gasteiger partial charge in [-0.05, 0) is 141 Å². The van der Waals surface area contributed by atoms with Gasteiger partial charge in [-0.1, -0.05) is 248 Å². The Morgan fingerprint density at radius 3 is 0.895 bits per heavy atom. The first-order chi connectivity index (χ1) is 46.2. The monoisotopic (exact) mass is 1360 g/mol. The van der Waals surface area contributed by atoms with Gasteiger partial charge in [0.2, 0.25) is 0 Å². The summed E-state index contributed by atoms with van der Waals surface area (Å²) in [5, 5.41) is 20.6. The molecule has 0 aromatic heterocycles. The first-order valence-corrected chi connectivity index (χ1v) is 38.1. The van der Waals surface area contributed by atoms with Crippen molar-refractivity contribution < 1.29 is 75.8 Å². The number of phosphoric ester groups is 2. The molecule has 0 rings (SSSR count). The molecule has 0 aliphatic carbocycles. The number of hydrogen-bond donors (Lipinski definition) is 4. The zero-order chi connectivity index (χ0) is 69.5. The molecule has 18 heteroatoms. The lowest BCUT2D eigenvalue weighted by molar-refractivity contribution is -0.161. The quantitative estimate of drug-likeness (QED) is 0.0146. The van der Waals surface area contributed by atoms with E-state index in [4.69, 9.17) is 32.3 Å². The van der Waals surface area contributed by atoms with Crippen molar-refractivity contribution in [3.63, 3.8) is 0 Å². The summed E-state index contributed by atoms with van der Waals surface area (Å²) in [6.45, 7) is 2.16. The number of hydrogen-bond acceptors (Lipinski definition) is 14. The fourth-order valence-corrected chi connectivity index (χ4v) is 9.96. The molecule has 0 aliphatic heterocycles. The number of ether oxygens (including phenoxy) is 3. The zero-order valence-electron chi connectivity index (χ0n) is 58.0. The van der Waals surface area contributed by atoms with Gasteiger partial charge in [-0.2, -0.15) is 0 Å². The molecule has 536 valence electrons. The van der Waals surface area contributed by atoms with Crippen molar-refractivity contribution in [1.29, 1.82) is 0 Å². The Morgan fingerprint density at radius 1 is 0.295 bits per heavy atom. The van der Waals surface area contributed by atoms with Crippen LogP contribution in [0.4, 0.5) is 0 Å². The van der Waals surface area contributed by atoms with E-state index in [1.54, 1.807) is 0 Å². The molecule has 0 saturated heterocycles. The number of rotatable bonds is 64. The third-order valence-corrected chi connectivity index (χ3v) is 15.5. The van der Waals surface area contributed by atoms with Crippen LogP contribution in [0.15, 0.2) is 182 Å². The summed E-state index contributed by atoms with van der Waals surface area (Å²) in [4.78, 5) is 58.5. The number of aliphatic hydroxyl groups excluding tert-OH is 2. The largest absolute Gasteiger partial charge is 0.472 e. The van der Waals surface area contributed by atoms with Crippen molar-refractivity contribution >= 4 is 33.6 Å². The van der Waals surface area contributed by atoms with Gasteiger partial charge in [0.05, 0.1) is 26.4 Å². The molecular weight excluding hydrogens is 1240 g/mol. The Bertz CT molecular complexity index is 2460. The SMILES string of the molecule is CC/C=C\C/C=C\C/C=C\C/C=C\C/C=C\C/C=C\CCC(=O)OCC(COP(=O)(O)OCC(O)COP(=O)(O)OCC(O)COC(=O)CCCCCCC/C=C\C/C=C\C/C=C\C/C=C\C/C=C\CC)OC(=O)CCCCCCCC/C=C\C/C=C\C/C=C\C/C=C\CC. The number of carbonyl (C=O) groups is 3. The predicted molar refractivity (Wildman–Crippen MR) is 389 cm³/mol. The highest BCUT2D eigenvalue weighted by Gasteiger charge is 2.29. The molecule has 0 fully saturated rings. The number of allylic oxidation sites excluding steroid dienone is 30. The van der Waals surface area contributed by atoms with Crippen LogP contribution in [0.25, 0.3) is 0 Å². The number of aliphatic hydroxyl groups is 2. The van der Waals surface area contributed by atoms with Gasteiger partial charge in [-0.3, -0.25) is 32.5 Å². The molecule has 0 saturated carbocycles. The van der Waals surface area contributed by atoms with E-state index < -0.39 is 91.5 Å². The molecule has 0 bridgehead atoms. The van der Waals surface area contributed by atoms with E-state index in [1.165, 1.54) is 0 Å². The van der Waals surface area contributed by atoms with Gasteiger partial charge < -0.3 is 34.2 Å². The lowest BCUT2D eigenvalue weighted by Gasteiger charge is -2.21. The molecule has 5 unspecified atom stereocenters. The van der Waals surface area contributed by atoms with Gasteiger partial charge in [-0.25, -0.2) is 9.13 Å². The van der Waals surface area contributed by atoms with Crippen LogP contribution in [0.2, 0.25) is 0 Å². The van der Waals surface area contributed by atoms with Crippen molar-refractivity contribution in [2.75, 3.05) is 39.6 Å². The maximum atomic E-state index is 13.0. The number of carbonyl (C=O) groups excluding carboxylic acids is 3. The highest BCUT2D eigenvalue weighted by Crippen LogP contribution is 2.45. The van der Waals surface area contributed by atoms with Crippen molar-refractivity contribution in [2.24, 2.45) is 0 Å². The van der Waals surface area contributed by atoms with E-state index in [2.05, 4.69) is 185 Å². The van der Waals surface area contributed by atoms with Crippen LogP contribution in [0.3, 0.4) is 0 Å². The molecule has 5 atom stereocenters. The fraction of sp³-hybridized carbons (Fsp3) is 0.571. The predicted octanol–water partition coefficient (Wildman–Crippen LogP) is 19.9. The fourth-order valence-electron chi connectivity index (χ4n) is 8.38. The molecule has 16 nitrogen and oxygen atoms in total. The second-order valence-electron chi connectivity index (χ2n) is 22.5. The summed E-state index contributed by atoms with van der Waals surface area (Å²) >= 11 is 0. The lowest BCUT2D eigenvalue weighted by Crippen LogP contribution is -2.30. The molecule has 0 radical (unpaired) electrons. The van der Waals surface area contributed by atoms with Gasteiger partial charge in [0.15, 0.2) is 6.10 Å². The minimum absolute atomic E-state index is 0.0335. The highest BCUT2D eigenvalue weighted by atomic mass is 31.2. The average Bonchev–Trinajstić information content (AvgIpc) is 1.75. The Labute approximate surface area is 573 Å². The van der Waals surface area contributed by atoms with Crippen LogP contribution in [-0.2, 0) is 55.8 Å². The van der Waals surface area contributed by atoms with E-state index in [9.17, 15) is 43.5 Å². The molecule has 0 aliphatic rings. The minimum Gasteiger partial charge on any atom is -0.463 e. The number of unbranched alkanes of at least 4 members (excludes halogenated alkanes) is 11. The van der Waals surface area contributed by atoms with Crippen LogP contribution in [-0.4, -0.2) is 95.9 Å². The summed E-state index contributed by atoms with van der Waals surface area (Å²) in [5.41, 5.74) is 0. The molecule has 0 spiro atoms. The van der Waals surface area contributed by atoms with Crippen LogP contribution in [0.1, 0.15) is 226 Å². The maximum Gasteiger partial charge on any atom is 0.472 e. The van der Waals surface area contributed by atoms with Crippen LogP contribution < -0.4 is 0 Å². The number of phosphoric acid groups is 2. The summed E-state index contributed by atoms with van der Waals surface area (Å²) < 4.78 is 60.9. The average molecular weight is 1370 g/mol. The van der Waals surface area contributed by atoms with E-state index >= 15 is 0 Å². The lowest BCUT2D eigenvalue weighted by atomic mass is 10.1. The van der Waals surface area contributed by atoms with Gasteiger partial charge in [0.25, 0.3) is 0 Å². The third kappa shape index (κ3) is 69.8. The van der Waals surface area contributed by atoms with Gasteiger partial charge >= 0.3 is 33.6 Å². The Morgan fingerprint density at radius 2 is 0.547 bits per heavy atom. The van der Waals surface area contributed by atoms with E-state index in [0.717, 1.165) is 161 Å². The molecule has 0 amide bonds. The van der Waals surface area contributed by atoms with Gasteiger partial charge in [-0.15, -0.1) is 0 Å². The van der Waals surface area contributed by atoms with Crippen molar-refractivity contribution in [2.45, 2.75) is 245 Å². The van der Waals surface area contributed by atoms with Crippen LogP contribution >= 0.6 is 15.6 Å². The molecule has 0 heterocycles. The Hall–Kier alpha value is -5.35. The standard InChI is InChI=1S/C77H122O16P2/c1-4-7-10-13-16-19-22-25-28-31-34-35-38-40-42-45-48-51-54-57-60-63-75(80)87-66-72(78)67-89-94(83,84)90-68-73(79)69-91-95(85,86)92-71-74(93-77(82)65-62-59-56-53-50-47-44-41-37-33-30-27-24-21-18-15-12-9-6-3)70-88-76(81)64-61-58-55-52-49-46-43-39-36-32-29-26-23-20-17-14-11-8-5-2/h7-12,16-21,25-30,34-37,39-42,46,49,55,58,72-74,78-79H,4-6,13-15,22-24,31-33,38,43-45,47-48,50-54,56-57,59-71H2,1-3H3,(H,83,84)(H,85,86)/b10-7-,11-8-,12-9-,19-16-,20-17-,21-18-,28-25-,29-26-,30-27-,35-34-,39-36-,41-37-,42-40-,49-46-,58-55-. The van der Waals surface area contributed by atoms with Crippen molar-refractivity contribution in [3.8, 4) is 0 Å². The second-order valence-corrected chi connectivity index (χ2v) is 25.4. The minimum atomic E-state index is -4.96. The van der Waals surface area contributed by atoms with Gasteiger partial charge in [0.1, 0.15) is 25.4 Å². The summed E-state index contributed by atoms with van der Waals surface area (Å²) in [6.07, 6.45) is 86.6. The molecule has 0 aromatic carbocycles. The Balaban J connectivity index is 4.82. The molecule has 95 heavy (non-hydrogen) atoms. The molecular formula is C77H122O16P2. The first kappa shape index (κ1) is 89.6. The highest BCUT2D eigenvalue weighted by molar-refractivity contribution is 7.47. The topological polar surface area (TPSA) is 231 Å². The van der Waals surface area contributed by atoms with E-state index in [0.29, 0.717) is 25.7 Å². The molecule has 4 N–H and O–H groups in total. The maximum absolute atomic E-state index is 13.0. The van der Waals surface area contributed by atoms with Crippen molar-refractivity contribution in [3.05, 3.63) is 182 Å². The number of esters is 3. The molecule has 0 aromatic rings.